The van der Waals surface area contributed by atoms with Gasteiger partial charge < -0.3 is 15.1 Å². The number of hydrogen-bond donors (Lipinski definition) is 1. The predicted molar refractivity (Wildman–Crippen MR) is 80.9 cm³/mol. The summed E-state index contributed by atoms with van der Waals surface area (Å²) in [5.41, 5.74) is 1.05. The number of piperazine rings is 1. The van der Waals surface area contributed by atoms with E-state index in [9.17, 15) is 4.79 Å². The van der Waals surface area contributed by atoms with E-state index in [0.717, 1.165) is 42.8 Å². The molecule has 1 aromatic rings. The summed E-state index contributed by atoms with van der Waals surface area (Å²) in [4.78, 5) is 24.1. The highest BCUT2D eigenvalue weighted by Gasteiger charge is 2.20. The van der Waals surface area contributed by atoms with Gasteiger partial charge in [0.2, 0.25) is 5.91 Å². The van der Waals surface area contributed by atoms with Gasteiger partial charge in [-0.1, -0.05) is 0 Å². The van der Waals surface area contributed by atoms with E-state index in [2.05, 4.69) is 20.2 Å². The van der Waals surface area contributed by atoms with E-state index >= 15 is 0 Å². The van der Waals surface area contributed by atoms with Crippen molar-refractivity contribution in [3.8, 4) is 0 Å². The molecule has 0 unspecified atom stereocenters. The van der Waals surface area contributed by atoms with E-state index in [1.807, 2.05) is 17.2 Å². The van der Waals surface area contributed by atoms with Crippen LogP contribution in [0.15, 0.2) is 10.4 Å². The summed E-state index contributed by atoms with van der Waals surface area (Å²) < 4.78 is 0. The Labute approximate surface area is 123 Å². The molecule has 110 valence electrons. The van der Waals surface area contributed by atoms with Crippen LogP contribution in [0.25, 0.3) is 0 Å². The molecule has 0 aliphatic carbocycles. The van der Waals surface area contributed by atoms with Gasteiger partial charge in [-0.15, -0.1) is 11.3 Å². The average Bonchev–Trinajstić information content (AvgIpc) is 2.86. The van der Waals surface area contributed by atoms with E-state index in [-0.39, 0.29) is 5.91 Å². The van der Waals surface area contributed by atoms with E-state index in [1.54, 1.807) is 25.3 Å². The number of rotatable bonds is 2. The van der Waals surface area contributed by atoms with Gasteiger partial charge in [0.05, 0.1) is 6.54 Å². The number of hydrogen-bond acceptors (Lipinski definition) is 4. The van der Waals surface area contributed by atoms with Crippen LogP contribution in [-0.4, -0.2) is 59.9 Å². The molecule has 1 fully saturated rings. The number of aromatic nitrogens is 1. The molecule has 2 heterocycles. The highest BCUT2D eigenvalue weighted by Crippen LogP contribution is 2.08. The molecule has 6 nitrogen and oxygen atoms in total. The largest absolute Gasteiger partial charge is 0.350 e. The normalized spacial score (nSPS) is 16.4. The van der Waals surface area contributed by atoms with Crippen molar-refractivity contribution in [1.29, 1.82) is 0 Å². The first-order valence-electron chi connectivity index (χ1n) is 6.72. The Bertz CT molecular complexity index is 491. The lowest BCUT2D eigenvalue weighted by Gasteiger charge is -2.36. The Morgan fingerprint density at radius 1 is 1.40 bits per heavy atom. The monoisotopic (exact) mass is 295 g/mol. The van der Waals surface area contributed by atoms with Gasteiger partial charge in [0, 0.05) is 51.2 Å². The maximum Gasteiger partial charge on any atom is 0.219 e. The second-order valence-electron chi connectivity index (χ2n) is 4.78. The SMILES string of the molecule is CN=C(NCc1nc(C)cs1)N1CCN(C(C)=O)CC1. The van der Waals surface area contributed by atoms with Crippen molar-refractivity contribution in [3.63, 3.8) is 0 Å². The minimum Gasteiger partial charge on any atom is -0.350 e. The first-order valence-corrected chi connectivity index (χ1v) is 7.60. The Morgan fingerprint density at radius 2 is 2.05 bits per heavy atom. The molecule has 2 rings (SSSR count). The molecular weight excluding hydrogens is 274 g/mol. The molecule has 20 heavy (non-hydrogen) atoms. The summed E-state index contributed by atoms with van der Waals surface area (Å²) in [6.07, 6.45) is 0. The van der Waals surface area contributed by atoms with Crippen LogP contribution in [0.2, 0.25) is 0 Å². The lowest BCUT2D eigenvalue weighted by molar-refractivity contribution is -0.130. The van der Waals surface area contributed by atoms with Gasteiger partial charge in [-0.25, -0.2) is 4.98 Å². The van der Waals surface area contributed by atoms with Crippen LogP contribution in [0.5, 0.6) is 0 Å². The summed E-state index contributed by atoms with van der Waals surface area (Å²) in [6.45, 7) is 7.45. The molecule has 0 atom stereocenters. The molecule has 0 aromatic carbocycles. The highest BCUT2D eigenvalue weighted by molar-refractivity contribution is 7.09. The minimum absolute atomic E-state index is 0.144. The van der Waals surface area contributed by atoms with Crippen molar-refractivity contribution in [3.05, 3.63) is 16.1 Å². The fraction of sp³-hybridized carbons (Fsp3) is 0.615. The number of aliphatic imine (C=N–C) groups is 1. The summed E-state index contributed by atoms with van der Waals surface area (Å²) in [6, 6.07) is 0. The van der Waals surface area contributed by atoms with Crippen molar-refractivity contribution in [1.82, 2.24) is 20.1 Å². The smallest absolute Gasteiger partial charge is 0.219 e. The number of aryl methyl sites for hydroxylation is 1. The fourth-order valence-electron chi connectivity index (χ4n) is 2.20. The van der Waals surface area contributed by atoms with E-state index < -0.39 is 0 Å². The second-order valence-corrected chi connectivity index (χ2v) is 5.72. The predicted octanol–water partition coefficient (Wildman–Crippen LogP) is 0.691. The molecule has 1 N–H and O–H groups in total. The Kier molecular flexibility index (Phi) is 4.94. The maximum atomic E-state index is 11.3. The number of amides is 1. The molecule has 0 spiro atoms. The van der Waals surface area contributed by atoms with Gasteiger partial charge in [-0.05, 0) is 6.92 Å². The van der Waals surface area contributed by atoms with Crippen LogP contribution < -0.4 is 5.32 Å². The van der Waals surface area contributed by atoms with Gasteiger partial charge in [0.25, 0.3) is 0 Å². The third-order valence-corrected chi connectivity index (χ3v) is 4.27. The third-order valence-electron chi connectivity index (χ3n) is 3.30. The minimum atomic E-state index is 0.144. The standard InChI is InChI=1S/C13H21N5OS/c1-10-9-20-12(16-10)8-15-13(14-3)18-6-4-17(5-7-18)11(2)19/h9H,4-8H2,1-3H3,(H,14,15). The van der Waals surface area contributed by atoms with Gasteiger partial charge in [-0.2, -0.15) is 0 Å². The summed E-state index contributed by atoms with van der Waals surface area (Å²) in [7, 11) is 1.78. The van der Waals surface area contributed by atoms with Crippen molar-refractivity contribution < 1.29 is 4.79 Å². The third kappa shape index (κ3) is 3.69. The number of thiazole rings is 1. The fourth-order valence-corrected chi connectivity index (χ4v) is 2.92. The number of nitrogens with zero attached hydrogens (tertiary/aromatic N) is 4. The Hall–Kier alpha value is -1.63. The molecule has 7 heteroatoms. The molecule has 0 saturated carbocycles. The molecular formula is C13H21N5OS. The zero-order valence-electron chi connectivity index (χ0n) is 12.2. The van der Waals surface area contributed by atoms with E-state index in [0.29, 0.717) is 6.54 Å². The number of carbonyl (C=O) groups excluding carboxylic acids is 1. The molecule has 1 saturated heterocycles. The molecule has 0 radical (unpaired) electrons. The summed E-state index contributed by atoms with van der Waals surface area (Å²) >= 11 is 1.65. The molecule has 1 aliphatic rings. The van der Waals surface area contributed by atoms with Crippen molar-refractivity contribution in [2.24, 2.45) is 4.99 Å². The van der Waals surface area contributed by atoms with E-state index in [1.165, 1.54) is 0 Å². The van der Waals surface area contributed by atoms with Crippen molar-refractivity contribution in [2.45, 2.75) is 20.4 Å². The van der Waals surface area contributed by atoms with Crippen molar-refractivity contribution >= 4 is 23.2 Å². The van der Waals surface area contributed by atoms with Crippen LogP contribution in [-0.2, 0) is 11.3 Å². The van der Waals surface area contributed by atoms with Gasteiger partial charge in [-0.3, -0.25) is 9.79 Å². The average molecular weight is 295 g/mol. The first kappa shape index (κ1) is 14.8. The molecule has 0 bridgehead atoms. The second kappa shape index (κ2) is 6.69. The van der Waals surface area contributed by atoms with Crippen LogP contribution in [0.1, 0.15) is 17.6 Å². The zero-order valence-corrected chi connectivity index (χ0v) is 13.0. The lowest BCUT2D eigenvalue weighted by atomic mass is 10.3. The summed E-state index contributed by atoms with van der Waals surface area (Å²) in [5, 5.41) is 6.44. The summed E-state index contributed by atoms with van der Waals surface area (Å²) in [5.74, 6) is 1.02. The number of nitrogens with one attached hydrogen (secondary N) is 1. The molecule has 1 aliphatic heterocycles. The number of carbonyl (C=O) groups is 1. The maximum absolute atomic E-state index is 11.3. The van der Waals surface area contributed by atoms with Crippen LogP contribution in [0, 0.1) is 6.92 Å². The molecule has 1 aromatic heterocycles. The number of guanidine groups is 1. The zero-order chi connectivity index (χ0) is 14.5. The lowest BCUT2D eigenvalue weighted by Crippen LogP contribution is -2.53. The molecule has 1 amide bonds. The van der Waals surface area contributed by atoms with Crippen LogP contribution in [0.4, 0.5) is 0 Å². The Balaban J connectivity index is 1.85. The van der Waals surface area contributed by atoms with E-state index in [4.69, 9.17) is 0 Å². The van der Waals surface area contributed by atoms with Crippen molar-refractivity contribution in [2.75, 3.05) is 33.2 Å². The quantitative estimate of drug-likeness (QED) is 0.644. The topological polar surface area (TPSA) is 60.8 Å². The Morgan fingerprint density at radius 3 is 2.55 bits per heavy atom. The van der Waals surface area contributed by atoms with Crippen LogP contribution >= 0.6 is 11.3 Å². The van der Waals surface area contributed by atoms with Gasteiger partial charge in [0.15, 0.2) is 5.96 Å². The highest BCUT2D eigenvalue weighted by atomic mass is 32.1. The van der Waals surface area contributed by atoms with Crippen LogP contribution in [0.3, 0.4) is 0 Å². The first-order chi connectivity index (χ1) is 9.60. The van der Waals surface area contributed by atoms with Gasteiger partial charge in [0.1, 0.15) is 5.01 Å². The van der Waals surface area contributed by atoms with Gasteiger partial charge >= 0.3 is 0 Å².